The van der Waals surface area contributed by atoms with Crippen molar-refractivity contribution in [1.29, 1.82) is 0 Å². The number of benzene rings is 2. The molecule has 4 aromatic rings. The molecule has 35 heavy (non-hydrogen) atoms. The highest BCUT2D eigenvalue weighted by atomic mass is 79.9. The van der Waals surface area contributed by atoms with Gasteiger partial charge in [0.1, 0.15) is 6.04 Å². The summed E-state index contributed by atoms with van der Waals surface area (Å²) in [5, 5.41) is 4.11. The van der Waals surface area contributed by atoms with Gasteiger partial charge in [0.05, 0.1) is 30.1 Å². The Balaban J connectivity index is 1.70. The summed E-state index contributed by atoms with van der Waals surface area (Å²) in [6.07, 6.45) is 3.74. The normalized spacial score (nSPS) is 17.3. The molecule has 0 spiro atoms. The number of thiocarbonyl (C=S) groups is 1. The van der Waals surface area contributed by atoms with Gasteiger partial charge in [0.2, 0.25) is 0 Å². The molecule has 1 saturated heterocycles. The smallest absolute Gasteiger partial charge is 0.339 e. The molecule has 8 heteroatoms. The van der Waals surface area contributed by atoms with E-state index in [1.807, 2.05) is 59.3 Å². The Hall–Kier alpha value is -3.49. The van der Waals surface area contributed by atoms with Crippen LogP contribution in [0.2, 0.25) is 0 Å². The van der Waals surface area contributed by atoms with E-state index < -0.39 is 0 Å². The van der Waals surface area contributed by atoms with Crippen LogP contribution in [0.3, 0.4) is 0 Å². The maximum atomic E-state index is 12.6. The Bertz CT molecular complexity index is 1410. The summed E-state index contributed by atoms with van der Waals surface area (Å²) >= 11 is 9.47. The Morgan fingerprint density at radius 2 is 1.89 bits per heavy atom. The maximum absolute atomic E-state index is 12.6. The van der Waals surface area contributed by atoms with Gasteiger partial charge in [0.15, 0.2) is 5.11 Å². The molecule has 0 radical (unpaired) electrons. The third-order valence-electron chi connectivity index (χ3n) is 6.17. The molecule has 2 aromatic carbocycles. The molecule has 1 aliphatic heterocycles. The predicted octanol–water partition coefficient (Wildman–Crippen LogP) is 5.91. The van der Waals surface area contributed by atoms with E-state index in [9.17, 15) is 4.79 Å². The van der Waals surface area contributed by atoms with E-state index in [1.54, 1.807) is 12.3 Å². The van der Waals surface area contributed by atoms with Crippen LogP contribution in [0.25, 0.3) is 5.69 Å². The Labute approximate surface area is 217 Å². The zero-order chi connectivity index (χ0) is 24.5. The van der Waals surface area contributed by atoms with Gasteiger partial charge in [-0.2, -0.15) is 0 Å². The molecule has 1 N–H and O–H groups in total. The summed E-state index contributed by atoms with van der Waals surface area (Å²) < 4.78 is 8.12. The summed E-state index contributed by atoms with van der Waals surface area (Å²) in [6.45, 7) is 2.06. The van der Waals surface area contributed by atoms with E-state index in [0.717, 1.165) is 32.8 Å². The fraction of sp³-hybridized carbons (Fsp3) is 0.148. The van der Waals surface area contributed by atoms with Crippen LogP contribution in [0.4, 0.5) is 5.69 Å². The fourth-order valence-corrected chi connectivity index (χ4v) is 5.13. The number of rotatable bonds is 5. The third kappa shape index (κ3) is 4.24. The van der Waals surface area contributed by atoms with Crippen LogP contribution >= 0.6 is 28.1 Å². The Kier molecular flexibility index (Phi) is 6.40. The first-order chi connectivity index (χ1) is 17.0. The Morgan fingerprint density at radius 3 is 2.63 bits per heavy atom. The molecule has 0 saturated carbocycles. The van der Waals surface area contributed by atoms with Crippen LogP contribution in [-0.4, -0.2) is 27.7 Å². The quantitative estimate of drug-likeness (QED) is 0.248. The van der Waals surface area contributed by atoms with Crippen molar-refractivity contribution in [1.82, 2.24) is 14.9 Å². The molecule has 1 fully saturated rings. The van der Waals surface area contributed by atoms with Gasteiger partial charge in [-0.15, -0.1) is 0 Å². The number of carbonyl (C=O) groups excluding carboxylic acids is 1. The van der Waals surface area contributed by atoms with Crippen LogP contribution < -0.4 is 10.2 Å². The average Bonchev–Trinajstić information content (AvgIpc) is 3.50. The van der Waals surface area contributed by atoms with Crippen molar-refractivity contribution in [3.05, 3.63) is 112 Å². The number of aryl methyl sites for hydroxylation is 1. The van der Waals surface area contributed by atoms with E-state index in [2.05, 4.69) is 56.3 Å². The number of pyridine rings is 1. The third-order valence-corrected chi connectivity index (χ3v) is 7.37. The molecule has 6 nitrogen and oxygen atoms in total. The van der Waals surface area contributed by atoms with Crippen molar-refractivity contribution < 1.29 is 9.53 Å². The lowest BCUT2D eigenvalue weighted by Gasteiger charge is -2.29. The molecular formula is C27H23BrN4O2S. The molecule has 3 heterocycles. The molecule has 0 unspecified atom stereocenters. The second-order valence-corrected chi connectivity index (χ2v) is 9.48. The minimum absolute atomic E-state index is 0.202. The van der Waals surface area contributed by atoms with Gasteiger partial charge in [0, 0.05) is 28.2 Å². The van der Waals surface area contributed by atoms with Crippen LogP contribution in [0.15, 0.2) is 89.7 Å². The molecule has 176 valence electrons. The number of para-hydroxylation sites is 1. The molecule has 0 bridgehead atoms. The SMILES string of the molecule is COC(=O)c1ccccc1-n1cccc1[C@@H]1[C@@H](c2ccccn2)NC(=S)N1c1ccc(Br)c(C)c1. The number of hydrogen-bond acceptors (Lipinski definition) is 4. The molecule has 2 atom stereocenters. The number of nitrogens with zero attached hydrogens (tertiary/aromatic N) is 3. The number of halogens is 1. The maximum Gasteiger partial charge on any atom is 0.339 e. The minimum Gasteiger partial charge on any atom is -0.465 e. The molecule has 1 aliphatic rings. The summed E-state index contributed by atoms with van der Waals surface area (Å²) in [4.78, 5) is 19.3. The highest BCUT2D eigenvalue weighted by molar-refractivity contribution is 9.10. The lowest BCUT2D eigenvalue weighted by atomic mass is 10.00. The number of aromatic nitrogens is 2. The monoisotopic (exact) mass is 546 g/mol. The van der Waals surface area contributed by atoms with Gasteiger partial charge in [-0.25, -0.2) is 4.79 Å². The topological polar surface area (TPSA) is 59.4 Å². The van der Waals surface area contributed by atoms with Crippen LogP contribution in [-0.2, 0) is 4.74 Å². The van der Waals surface area contributed by atoms with Crippen molar-refractivity contribution in [2.75, 3.05) is 12.0 Å². The summed E-state index contributed by atoms with van der Waals surface area (Å²) in [7, 11) is 1.39. The van der Waals surface area contributed by atoms with Gasteiger partial charge in [-0.05, 0) is 79.3 Å². The number of hydrogen-bond donors (Lipinski definition) is 1. The number of carbonyl (C=O) groups is 1. The highest BCUT2D eigenvalue weighted by Gasteiger charge is 2.42. The average molecular weight is 547 g/mol. The highest BCUT2D eigenvalue weighted by Crippen LogP contribution is 2.43. The predicted molar refractivity (Wildman–Crippen MR) is 144 cm³/mol. The minimum atomic E-state index is -0.387. The second kappa shape index (κ2) is 9.64. The van der Waals surface area contributed by atoms with Crippen molar-refractivity contribution in [3.63, 3.8) is 0 Å². The van der Waals surface area contributed by atoms with E-state index in [1.165, 1.54) is 7.11 Å². The summed E-state index contributed by atoms with van der Waals surface area (Å²) in [5.74, 6) is -0.387. The molecule has 5 rings (SSSR count). The van der Waals surface area contributed by atoms with Crippen LogP contribution in [0.1, 0.15) is 39.4 Å². The van der Waals surface area contributed by atoms with E-state index in [0.29, 0.717) is 10.7 Å². The lowest BCUT2D eigenvalue weighted by Crippen LogP contribution is -2.30. The fourth-order valence-electron chi connectivity index (χ4n) is 4.53. The van der Waals surface area contributed by atoms with Gasteiger partial charge in [-0.3, -0.25) is 4.98 Å². The van der Waals surface area contributed by atoms with E-state index >= 15 is 0 Å². The number of methoxy groups -OCH3 is 1. The summed E-state index contributed by atoms with van der Waals surface area (Å²) in [6, 6.07) is 23.1. The molecule has 0 amide bonds. The largest absolute Gasteiger partial charge is 0.465 e. The van der Waals surface area contributed by atoms with Crippen LogP contribution in [0.5, 0.6) is 0 Å². The number of esters is 1. The van der Waals surface area contributed by atoms with Crippen molar-refractivity contribution in [3.8, 4) is 5.69 Å². The van der Waals surface area contributed by atoms with Gasteiger partial charge in [0.25, 0.3) is 0 Å². The second-order valence-electron chi connectivity index (χ2n) is 8.24. The van der Waals surface area contributed by atoms with Crippen molar-refractivity contribution in [2.45, 2.75) is 19.0 Å². The van der Waals surface area contributed by atoms with Crippen molar-refractivity contribution >= 4 is 44.9 Å². The molecular weight excluding hydrogens is 524 g/mol. The summed E-state index contributed by atoms with van der Waals surface area (Å²) in [5.41, 5.74) is 5.15. The van der Waals surface area contributed by atoms with Gasteiger partial charge >= 0.3 is 5.97 Å². The standard InChI is InChI=1S/C27H23BrN4O2S/c1-17-16-18(12-13-20(17)28)32-25(24(30-27(32)35)21-9-5-6-14-29-21)23-11-7-15-31(23)22-10-4-3-8-19(22)26(33)34-2/h3-16,24-25H,1-2H3,(H,30,35)/t24-,25-/m1/s1. The zero-order valence-corrected chi connectivity index (χ0v) is 21.6. The Morgan fingerprint density at radius 1 is 1.09 bits per heavy atom. The first-order valence-corrected chi connectivity index (χ1v) is 12.3. The van der Waals surface area contributed by atoms with Gasteiger partial charge < -0.3 is 19.5 Å². The zero-order valence-electron chi connectivity index (χ0n) is 19.2. The number of nitrogens with one attached hydrogen (secondary N) is 1. The molecule has 0 aliphatic carbocycles. The van der Waals surface area contributed by atoms with Crippen molar-refractivity contribution in [2.24, 2.45) is 0 Å². The lowest BCUT2D eigenvalue weighted by molar-refractivity contribution is 0.0600. The van der Waals surface area contributed by atoms with E-state index in [-0.39, 0.29) is 18.1 Å². The van der Waals surface area contributed by atoms with Crippen LogP contribution in [0, 0.1) is 6.92 Å². The van der Waals surface area contributed by atoms with E-state index in [4.69, 9.17) is 17.0 Å². The molecule has 2 aromatic heterocycles. The van der Waals surface area contributed by atoms with Gasteiger partial charge in [-0.1, -0.05) is 34.1 Å². The first-order valence-electron chi connectivity index (χ1n) is 11.1. The number of anilines is 1. The number of ether oxygens (including phenoxy) is 1. The first kappa shape index (κ1) is 23.3.